The zero-order chi connectivity index (χ0) is 14.8. The van der Waals surface area contributed by atoms with E-state index in [1.165, 1.54) is 12.1 Å². The molecule has 2 aromatic rings. The van der Waals surface area contributed by atoms with Gasteiger partial charge in [0.1, 0.15) is 0 Å². The predicted octanol–water partition coefficient (Wildman–Crippen LogP) is 4.34. The van der Waals surface area contributed by atoms with Crippen molar-refractivity contribution in [2.45, 2.75) is 11.4 Å². The van der Waals surface area contributed by atoms with Crippen LogP contribution in [0.3, 0.4) is 0 Å². The molecule has 0 spiro atoms. The minimum Gasteiger partial charge on any atom is -0.207 e. The Kier molecular flexibility index (Phi) is 5.25. The van der Waals surface area contributed by atoms with Crippen molar-refractivity contribution in [3.05, 3.63) is 62.0 Å². The van der Waals surface area contributed by atoms with E-state index in [1.807, 2.05) is 24.3 Å². The Morgan fingerprint density at radius 1 is 1.05 bits per heavy atom. The van der Waals surface area contributed by atoms with Crippen LogP contribution in [0, 0.1) is 0 Å². The molecule has 2 aromatic carbocycles. The van der Waals surface area contributed by atoms with Crippen LogP contribution >= 0.6 is 43.5 Å². The smallest absolute Gasteiger partial charge is 0.207 e. The Morgan fingerprint density at radius 2 is 1.75 bits per heavy atom. The van der Waals surface area contributed by atoms with Gasteiger partial charge in [-0.15, -0.1) is 0 Å². The van der Waals surface area contributed by atoms with Crippen molar-refractivity contribution in [3.63, 3.8) is 0 Å². The van der Waals surface area contributed by atoms with Crippen molar-refractivity contribution >= 4 is 53.5 Å². The summed E-state index contributed by atoms with van der Waals surface area (Å²) in [4.78, 5) is 0.167. The minimum atomic E-state index is -3.57. The number of nitrogens with one attached hydrogen (secondary N) is 1. The summed E-state index contributed by atoms with van der Waals surface area (Å²) in [5, 5.41) is 0.467. The molecule has 0 aliphatic rings. The lowest BCUT2D eigenvalue weighted by Gasteiger charge is -2.09. The molecule has 0 amide bonds. The molecule has 0 saturated carbocycles. The average Bonchev–Trinajstić information content (AvgIpc) is 2.41. The topological polar surface area (TPSA) is 46.2 Å². The van der Waals surface area contributed by atoms with Crippen molar-refractivity contribution in [2.75, 3.05) is 0 Å². The summed E-state index contributed by atoms with van der Waals surface area (Å²) in [6.07, 6.45) is 0. The first kappa shape index (κ1) is 16.0. The molecule has 0 fully saturated rings. The molecule has 0 aliphatic heterocycles. The molecular formula is C13H10Br2ClNO2S. The lowest BCUT2D eigenvalue weighted by molar-refractivity contribution is 0.581. The van der Waals surface area contributed by atoms with Crippen molar-refractivity contribution in [2.24, 2.45) is 0 Å². The Balaban J connectivity index is 2.19. The summed E-state index contributed by atoms with van der Waals surface area (Å²) in [5.41, 5.74) is 0.865. The van der Waals surface area contributed by atoms with Crippen molar-refractivity contribution in [3.8, 4) is 0 Å². The van der Waals surface area contributed by atoms with E-state index in [0.717, 1.165) is 10.0 Å². The molecular weight excluding hydrogens is 429 g/mol. The first-order valence-corrected chi connectivity index (χ1v) is 9.03. The van der Waals surface area contributed by atoms with Gasteiger partial charge in [0.25, 0.3) is 0 Å². The van der Waals surface area contributed by atoms with Crippen LogP contribution in [0.25, 0.3) is 0 Å². The van der Waals surface area contributed by atoms with Gasteiger partial charge < -0.3 is 0 Å². The monoisotopic (exact) mass is 437 g/mol. The first-order chi connectivity index (χ1) is 9.40. The molecule has 0 radical (unpaired) electrons. The van der Waals surface area contributed by atoms with E-state index in [0.29, 0.717) is 9.50 Å². The van der Waals surface area contributed by atoms with Crippen molar-refractivity contribution < 1.29 is 8.42 Å². The highest BCUT2D eigenvalue weighted by molar-refractivity contribution is 9.10. The third-order valence-electron chi connectivity index (χ3n) is 2.61. The van der Waals surface area contributed by atoms with Crippen LogP contribution < -0.4 is 4.72 Å². The van der Waals surface area contributed by atoms with Crippen LogP contribution in [-0.2, 0) is 16.6 Å². The quantitative estimate of drug-likeness (QED) is 0.770. The van der Waals surface area contributed by atoms with E-state index >= 15 is 0 Å². The molecule has 2 rings (SSSR count). The average molecular weight is 440 g/mol. The largest absolute Gasteiger partial charge is 0.240 e. The van der Waals surface area contributed by atoms with E-state index in [4.69, 9.17) is 11.6 Å². The second-order valence-electron chi connectivity index (χ2n) is 3.99. The third-order valence-corrected chi connectivity index (χ3v) is 6.00. The maximum absolute atomic E-state index is 12.2. The number of sulfonamides is 1. The number of halogens is 3. The van der Waals surface area contributed by atoms with Gasteiger partial charge >= 0.3 is 0 Å². The fraction of sp³-hybridized carbons (Fsp3) is 0.0769. The van der Waals surface area contributed by atoms with E-state index in [9.17, 15) is 8.42 Å². The van der Waals surface area contributed by atoms with Crippen LogP contribution in [-0.4, -0.2) is 8.42 Å². The summed E-state index contributed by atoms with van der Waals surface area (Å²) in [6.45, 7) is 0.212. The number of benzene rings is 2. The van der Waals surface area contributed by atoms with Crippen molar-refractivity contribution in [1.29, 1.82) is 0 Å². The van der Waals surface area contributed by atoms with Crippen LogP contribution in [0.1, 0.15) is 5.56 Å². The molecule has 20 heavy (non-hydrogen) atoms. The second kappa shape index (κ2) is 6.58. The van der Waals surface area contributed by atoms with Gasteiger partial charge in [0.2, 0.25) is 10.0 Å². The maximum Gasteiger partial charge on any atom is 0.240 e. The van der Waals surface area contributed by atoms with Gasteiger partial charge in [-0.2, -0.15) is 0 Å². The van der Waals surface area contributed by atoms with Gasteiger partial charge in [0.15, 0.2) is 0 Å². The molecule has 0 heterocycles. The highest BCUT2D eigenvalue weighted by Crippen LogP contribution is 2.25. The zero-order valence-corrected chi connectivity index (χ0v) is 14.9. The van der Waals surface area contributed by atoms with Gasteiger partial charge in [-0.3, -0.25) is 0 Å². The number of hydrogen-bond donors (Lipinski definition) is 1. The lowest BCUT2D eigenvalue weighted by atomic mass is 10.2. The lowest BCUT2D eigenvalue weighted by Crippen LogP contribution is -2.23. The van der Waals surface area contributed by atoms with Gasteiger partial charge in [0.05, 0.1) is 9.92 Å². The third kappa shape index (κ3) is 3.83. The fourth-order valence-electron chi connectivity index (χ4n) is 1.54. The number of rotatable bonds is 4. The second-order valence-corrected chi connectivity index (χ2v) is 7.87. The normalized spacial score (nSPS) is 11.6. The van der Waals surface area contributed by atoms with Gasteiger partial charge in [-0.05, 0) is 45.8 Å². The van der Waals surface area contributed by atoms with Crippen LogP contribution in [0.5, 0.6) is 0 Å². The molecule has 1 N–H and O–H groups in total. The molecule has 0 atom stereocenters. The van der Waals surface area contributed by atoms with Gasteiger partial charge in [0, 0.05) is 15.5 Å². The summed E-state index contributed by atoms with van der Waals surface area (Å²) in [5.74, 6) is 0. The van der Waals surface area contributed by atoms with E-state index in [-0.39, 0.29) is 11.4 Å². The Hall–Kier alpha value is -0.400. The van der Waals surface area contributed by atoms with E-state index in [1.54, 1.807) is 6.07 Å². The molecule has 0 saturated heterocycles. The molecule has 3 nitrogen and oxygen atoms in total. The zero-order valence-electron chi connectivity index (χ0n) is 10.1. The highest BCUT2D eigenvalue weighted by Gasteiger charge is 2.15. The molecule has 0 bridgehead atoms. The highest BCUT2D eigenvalue weighted by atomic mass is 79.9. The molecule has 7 heteroatoms. The van der Waals surface area contributed by atoms with Crippen LogP contribution in [0.15, 0.2) is 56.3 Å². The van der Waals surface area contributed by atoms with Crippen LogP contribution in [0.4, 0.5) is 0 Å². The van der Waals surface area contributed by atoms with E-state index in [2.05, 4.69) is 36.6 Å². The van der Waals surface area contributed by atoms with Gasteiger partial charge in [-0.25, -0.2) is 13.1 Å². The van der Waals surface area contributed by atoms with Gasteiger partial charge in [-0.1, -0.05) is 45.7 Å². The summed E-state index contributed by atoms with van der Waals surface area (Å²) < 4.78 is 28.3. The summed E-state index contributed by atoms with van der Waals surface area (Å²) in [6, 6.07) is 11.9. The minimum absolute atomic E-state index is 0.167. The SMILES string of the molecule is O=S(=O)(NCc1ccccc1Br)c1ccc(Cl)c(Br)c1. The fourth-order valence-corrected chi connectivity index (χ4v) is 3.65. The molecule has 0 unspecified atom stereocenters. The summed E-state index contributed by atoms with van der Waals surface area (Å²) >= 11 is 12.5. The van der Waals surface area contributed by atoms with E-state index < -0.39 is 10.0 Å². The molecule has 106 valence electrons. The number of hydrogen-bond acceptors (Lipinski definition) is 2. The first-order valence-electron chi connectivity index (χ1n) is 5.58. The Labute approximate surface area is 139 Å². The molecule has 0 aliphatic carbocycles. The molecule has 0 aromatic heterocycles. The maximum atomic E-state index is 12.2. The Morgan fingerprint density at radius 3 is 2.40 bits per heavy atom. The summed E-state index contributed by atoms with van der Waals surface area (Å²) in [7, 11) is -3.57. The predicted molar refractivity (Wildman–Crippen MR) is 87.3 cm³/mol. The van der Waals surface area contributed by atoms with Crippen molar-refractivity contribution in [1.82, 2.24) is 4.72 Å². The Bertz CT molecular complexity index is 735. The van der Waals surface area contributed by atoms with Crippen LogP contribution in [0.2, 0.25) is 5.02 Å². The standard InChI is InChI=1S/C13H10Br2ClNO2S/c14-11-4-2-1-3-9(11)8-17-20(18,19)10-5-6-13(16)12(15)7-10/h1-7,17H,8H2.